The Morgan fingerprint density at radius 3 is 2.49 bits per heavy atom. The van der Waals surface area contributed by atoms with Crippen LogP contribution in [0.3, 0.4) is 0 Å². The molecule has 0 fully saturated rings. The number of aromatic nitrogens is 2. The summed E-state index contributed by atoms with van der Waals surface area (Å²) in [6, 6.07) is 5.95. The molecule has 10 heteroatoms. The standard InChI is InChI=1S/C25H30F3N3O4/c1-14(25(26,27)28)11-16(30-23(33)35-24(3,4)5)13-34-17-7-8-18-19-9-10-29-15(2)21(19)22(32)31(6)20(18)12-17/h7-10,12,14,16H,11,13H2,1-6H3,(H,30,33). The number of alkyl carbamates (subject to hydrolysis) is 1. The van der Waals surface area contributed by atoms with Gasteiger partial charge in [0.2, 0.25) is 0 Å². The van der Waals surface area contributed by atoms with E-state index in [0.29, 0.717) is 22.3 Å². The second kappa shape index (κ2) is 9.75. The average molecular weight is 494 g/mol. The number of halogens is 3. The monoisotopic (exact) mass is 493 g/mol. The molecule has 2 heterocycles. The maximum atomic E-state index is 13.2. The largest absolute Gasteiger partial charge is 0.491 e. The molecule has 0 radical (unpaired) electrons. The van der Waals surface area contributed by atoms with Gasteiger partial charge in [0.1, 0.15) is 18.0 Å². The van der Waals surface area contributed by atoms with Crippen molar-refractivity contribution < 1.29 is 27.4 Å². The summed E-state index contributed by atoms with van der Waals surface area (Å²) in [5, 5.41) is 4.58. The predicted octanol–water partition coefficient (Wildman–Crippen LogP) is 5.26. The maximum absolute atomic E-state index is 13.2. The molecule has 35 heavy (non-hydrogen) atoms. The Balaban J connectivity index is 1.88. The van der Waals surface area contributed by atoms with Gasteiger partial charge in [-0.2, -0.15) is 13.2 Å². The van der Waals surface area contributed by atoms with Gasteiger partial charge in [-0.15, -0.1) is 0 Å². The molecule has 0 bridgehead atoms. The highest BCUT2D eigenvalue weighted by molar-refractivity contribution is 6.06. The number of pyridine rings is 2. The zero-order valence-corrected chi connectivity index (χ0v) is 20.6. The van der Waals surface area contributed by atoms with Crippen LogP contribution in [0.15, 0.2) is 35.3 Å². The van der Waals surface area contributed by atoms with Gasteiger partial charge in [0, 0.05) is 24.7 Å². The highest BCUT2D eigenvalue weighted by Crippen LogP contribution is 2.30. The number of nitrogens with zero attached hydrogens (tertiary/aromatic N) is 2. The van der Waals surface area contributed by atoms with Crippen LogP contribution in [0.4, 0.5) is 18.0 Å². The lowest BCUT2D eigenvalue weighted by Crippen LogP contribution is -2.44. The molecule has 2 aromatic heterocycles. The molecule has 2 unspecified atom stereocenters. The lowest BCUT2D eigenvalue weighted by atomic mass is 10.0. The number of carbonyl (C=O) groups is 1. The lowest BCUT2D eigenvalue weighted by molar-refractivity contribution is -0.173. The predicted molar refractivity (Wildman–Crippen MR) is 128 cm³/mol. The minimum Gasteiger partial charge on any atom is -0.491 e. The minimum absolute atomic E-state index is 0.210. The van der Waals surface area contributed by atoms with Crippen molar-refractivity contribution in [3.63, 3.8) is 0 Å². The second-order valence-corrected chi connectivity index (χ2v) is 9.69. The Bertz CT molecular complexity index is 1300. The van der Waals surface area contributed by atoms with E-state index in [1.807, 2.05) is 0 Å². The van der Waals surface area contributed by atoms with Gasteiger partial charge >= 0.3 is 12.3 Å². The Morgan fingerprint density at radius 2 is 1.86 bits per heavy atom. The molecular weight excluding hydrogens is 463 g/mol. The third-order valence-corrected chi connectivity index (χ3v) is 5.65. The first-order chi connectivity index (χ1) is 16.2. The van der Waals surface area contributed by atoms with E-state index < -0.39 is 29.8 Å². The molecule has 3 aromatic rings. The quantitative estimate of drug-likeness (QED) is 0.474. The zero-order valence-electron chi connectivity index (χ0n) is 20.6. The Labute approximate surface area is 201 Å². The van der Waals surface area contributed by atoms with Gasteiger partial charge in [0.25, 0.3) is 5.56 Å². The third kappa shape index (κ3) is 6.23. The van der Waals surface area contributed by atoms with E-state index in [0.717, 1.165) is 17.7 Å². The maximum Gasteiger partial charge on any atom is 0.407 e. The molecular formula is C25H30F3N3O4. The van der Waals surface area contributed by atoms with E-state index in [-0.39, 0.29) is 18.6 Å². The molecule has 0 spiro atoms. The first-order valence-corrected chi connectivity index (χ1v) is 11.2. The van der Waals surface area contributed by atoms with Crippen molar-refractivity contribution in [2.45, 2.75) is 58.9 Å². The number of benzene rings is 1. The van der Waals surface area contributed by atoms with E-state index in [4.69, 9.17) is 9.47 Å². The molecule has 7 nitrogen and oxygen atoms in total. The number of alkyl halides is 3. The molecule has 0 saturated heterocycles. The van der Waals surface area contributed by atoms with Crippen LogP contribution in [-0.2, 0) is 11.8 Å². The fourth-order valence-electron chi connectivity index (χ4n) is 3.84. The van der Waals surface area contributed by atoms with Crippen molar-refractivity contribution >= 4 is 27.8 Å². The molecule has 2 atom stereocenters. The van der Waals surface area contributed by atoms with Crippen LogP contribution in [0.1, 0.15) is 39.8 Å². The van der Waals surface area contributed by atoms with E-state index >= 15 is 0 Å². The summed E-state index contributed by atoms with van der Waals surface area (Å²) in [6.07, 6.45) is -3.98. The van der Waals surface area contributed by atoms with Gasteiger partial charge in [0.05, 0.1) is 28.6 Å². The van der Waals surface area contributed by atoms with Crippen LogP contribution in [0, 0.1) is 12.8 Å². The molecule has 1 aromatic carbocycles. The minimum atomic E-state index is -4.41. The Hall–Kier alpha value is -3.30. The van der Waals surface area contributed by atoms with Crippen LogP contribution in [-0.4, -0.2) is 40.1 Å². The second-order valence-electron chi connectivity index (χ2n) is 9.69. The number of hydrogen-bond donors (Lipinski definition) is 1. The highest BCUT2D eigenvalue weighted by atomic mass is 19.4. The SMILES string of the molecule is Cc1nccc2c1c(=O)n(C)c1cc(OCC(CC(C)C(F)(F)F)NC(=O)OC(C)(C)C)ccc21. The van der Waals surface area contributed by atoms with Crippen molar-refractivity contribution in [3.05, 3.63) is 46.5 Å². The van der Waals surface area contributed by atoms with Crippen LogP contribution in [0.25, 0.3) is 21.7 Å². The first-order valence-electron chi connectivity index (χ1n) is 11.2. The first kappa shape index (κ1) is 26.3. The Morgan fingerprint density at radius 1 is 1.17 bits per heavy atom. The Kier molecular flexibility index (Phi) is 7.33. The molecule has 1 N–H and O–H groups in total. The zero-order chi connectivity index (χ0) is 26.1. The van der Waals surface area contributed by atoms with Crippen molar-refractivity contribution in [1.82, 2.24) is 14.9 Å². The number of rotatable bonds is 6. The number of hydrogen-bond acceptors (Lipinski definition) is 5. The van der Waals surface area contributed by atoms with Crippen molar-refractivity contribution in [1.29, 1.82) is 0 Å². The number of fused-ring (bicyclic) bond motifs is 3. The summed E-state index contributed by atoms with van der Waals surface area (Å²) in [5.74, 6) is -1.31. The van der Waals surface area contributed by atoms with Crippen molar-refractivity contribution in [2.24, 2.45) is 13.0 Å². The number of amides is 1. The molecule has 190 valence electrons. The van der Waals surface area contributed by atoms with Gasteiger partial charge in [0.15, 0.2) is 0 Å². The van der Waals surface area contributed by atoms with Crippen LogP contribution in [0.2, 0.25) is 0 Å². The van der Waals surface area contributed by atoms with Gasteiger partial charge in [-0.1, -0.05) is 6.92 Å². The van der Waals surface area contributed by atoms with Crippen LogP contribution >= 0.6 is 0 Å². The summed E-state index contributed by atoms with van der Waals surface area (Å²) in [5.41, 5.74) is 0.218. The smallest absolute Gasteiger partial charge is 0.407 e. The normalized spacial score (nSPS) is 14.1. The molecule has 1 amide bonds. The van der Waals surface area contributed by atoms with Gasteiger partial charge in [-0.25, -0.2) is 4.79 Å². The highest BCUT2D eigenvalue weighted by Gasteiger charge is 2.38. The fraction of sp³-hybridized carbons (Fsp3) is 0.480. The summed E-state index contributed by atoms with van der Waals surface area (Å²) < 4.78 is 52.0. The molecule has 3 rings (SSSR count). The molecule has 0 aliphatic heterocycles. The molecule has 0 saturated carbocycles. The summed E-state index contributed by atoms with van der Waals surface area (Å²) in [4.78, 5) is 29.3. The van der Waals surface area contributed by atoms with E-state index in [2.05, 4.69) is 10.3 Å². The van der Waals surface area contributed by atoms with E-state index in [1.54, 1.807) is 65.2 Å². The number of nitrogens with one attached hydrogen (secondary N) is 1. The third-order valence-electron chi connectivity index (χ3n) is 5.65. The van der Waals surface area contributed by atoms with Crippen LogP contribution < -0.4 is 15.6 Å². The summed E-state index contributed by atoms with van der Waals surface area (Å²) in [7, 11) is 1.64. The average Bonchev–Trinajstić information content (AvgIpc) is 2.73. The molecule has 0 aliphatic rings. The summed E-state index contributed by atoms with van der Waals surface area (Å²) in [6.45, 7) is 7.60. The summed E-state index contributed by atoms with van der Waals surface area (Å²) >= 11 is 0. The van der Waals surface area contributed by atoms with Gasteiger partial charge in [-0.05, 0) is 57.7 Å². The van der Waals surface area contributed by atoms with E-state index in [1.165, 1.54) is 4.57 Å². The number of carbonyl (C=O) groups excluding carboxylic acids is 1. The molecule has 0 aliphatic carbocycles. The number of aryl methyl sites for hydroxylation is 2. The van der Waals surface area contributed by atoms with Crippen molar-refractivity contribution in [3.8, 4) is 5.75 Å². The fourth-order valence-corrected chi connectivity index (χ4v) is 3.84. The van der Waals surface area contributed by atoms with E-state index in [9.17, 15) is 22.8 Å². The topological polar surface area (TPSA) is 82.5 Å². The van der Waals surface area contributed by atoms with Crippen LogP contribution in [0.5, 0.6) is 5.75 Å². The van der Waals surface area contributed by atoms with Crippen molar-refractivity contribution in [2.75, 3.05) is 6.61 Å². The van der Waals surface area contributed by atoms with Gasteiger partial charge in [-0.3, -0.25) is 9.78 Å². The lowest BCUT2D eigenvalue weighted by Gasteiger charge is -2.26. The van der Waals surface area contributed by atoms with Gasteiger partial charge < -0.3 is 19.4 Å². The number of ether oxygens (including phenoxy) is 2.